The Morgan fingerprint density at radius 3 is 2.73 bits per heavy atom. The molecule has 0 spiro atoms. The predicted molar refractivity (Wildman–Crippen MR) is 86.2 cm³/mol. The second kappa shape index (κ2) is 6.65. The van der Waals surface area contributed by atoms with Gasteiger partial charge in [-0.05, 0) is 62.4 Å². The van der Waals surface area contributed by atoms with Crippen molar-refractivity contribution >= 4 is 0 Å². The number of β-amino-alcohol motifs (C(OH)–C–C–N with tert-alkyl or cyclic N) is 1. The summed E-state index contributed by atoms with van der Waals surface area (Å²) in [7, 11) is 0. The summed E-state index contributed by atoms with van der Waals surface area (Å²) < 4.78 is 13.4. The van der Waals surface area contributed by atoms with Crippen molar-refractivity contribution in [2.45, 2.75) is 44.2 Å². The van der Waals surface area contributed by atoms with Crippen molar-refractivity contribution in [2.24, 2.45) is 5.92 Å². The number of nitrogens with zero attached hydrogens (tertiary/aromatic N) is 1. The molecule has 3 rings (SSSR count). The fourth-order valence-corrected chi connectivity index (χ4v) is 3.40. The predicted octanol–water partition coefficient (Wildman–Crippen LogP) is 2.50. The molecule has 4 heteroatoms. The third-order valence-electron chi connectivity index (χ3n) is 5.15. The molecule has 3 nitrogen and oxygen atoms in total. The molecule has 1 aliphatic carbocycles. The van der Waals surface area contributed by atoms with E-state index in [1.165, 1.54) is 18.9 Å². The van der Waals surface area contributed by atoms with E-state index in [2.05, 4.69) is 17.1 Å². The van der Waals surface area contributed by atoms with Gasteiger partial charge in [0.2, 0.25) is 0 Å². The molecule has 0 aromatic heterocycles. The van der Waals surface area contributed by atoms with Gasteiger partial charge in [-0.2, -0.15) is 0 Å². The largest absolute Gasteiger partial charge is 0.390 e. The van der Waals surface area contributed by atoms with Gasteiger partial charge >= 0.3 is 0 Å². The number of hydrogen-bond donors (Lipinski definition) is 2. The van der Waals surface area contributed by atoms with Crippen LogP contribution in [0.25, 0.3) is 0 Å². The van der Waals surface area contributed by atoms with E-state index in [1.807, 2.05) is 6.07 Å². The summed E-state index contributed by atoms with van der Waals surface area (Å²) in [5.41, 5.74) is 0.894. The van der Waals surface area contributed by atoms with E-state index in [0.717, 1.165) is 44.0 Å². The summed E-state index contributed by atoms with van der Waals surface area (Å²) in [5.74, 6) is 0.628. The minimum atomic E-state index is -0.362. The van der Waals surface area contributed by atoms with Crippen LogP contribution in [0.15, 0.2) is 24.3 Å². The number of rotatable bonds is 6. The van der Waals surface area contributed by atoms with Crippen LogP contribution in [-0.4, -0.2) is 42.3 Å². The van der Waals surface area contributed by atoms with E-state index >= 15 is 0 Å². The number of hydrogen-bond acceptors (Lipinski definition) is 3. The molecule has 0 radical (unpaired) electrons. The fourth-order valence-electron chi connectivity index (χ4n) is 3.40. The van der Waals surface area contributed by atoms with Crippen molar-refractivity contribution in [3.63, 3.8) is 0 Å². The maximum absolute atomic E-state index is 13.4. The highest BCUT2D eigenvalue weighted by atomic mass is 19.1. The molecule has 1 saturated carbocycles. The zero-order chi connectivity index (χ0) is 15.6. The van der Waals surface area contributed by atoms with Crippen LogP contribution in [-0.2, 0) is 5.54 Å². The Morgan fingerprint density at radius 2 is 2.09 bits per heavy atom. The van der Waals surface area contributed by atoms with Gasteiger partial charge in [0.25, 0.3) is 0 Å². The van der Waals surface area contributed by atoms with Gasteiger partial charge in [0, 0.05) is 18.6 Å². The van der Waals surface area contributed by atoms with Gasteiger partial charge in [-0.25, -0.2) is 4.39 Å². The van der Waals surface area contributed by atoms with Crippen LogP contribution in [0.5, 0.6) is 0 Å². The number of benzene rings is 1. The summed E-state index contributed by atoms with van der Waals surface area (Å²) in [6.07, 6.45) is 4.13. The van der Waals surface area contributed by atoms with Crippen molar-refractivity contribution < 1.29 is 9.50 Å². The van der Waals surface area contributed by atoms with Gasteiger partial charge in [-0.15, -0.1) is 0 Å². The van der Waals surface area contributed by atoms with Crippen molar-refractivity contribution in [1.29, 1.82) is 0 Å². The number of halogens is 1. The summed E-state index contributed by atoms with van der Waals surface area (Å²) in [4.78, 5) is 2.36. The van der Waals surface area contributed by atoms with Crippen molar-refractivity contribution in [2.75, 3.05) is 26.2 Å². The second-order valence-corrected chi connectivity index (χ2v) is 7.11. The Hall–Kier alpha value is -0.970. The van der Waals surface area contributed by atoms with Crippen molar-refractivity contribution in [3.05, 3.63) is 35.6 Å². The van der Waals surface area contributed by atoms with Gasteiger partial charge in [-0.1, -0.05) is 19.1 Å². The first-order valence-electron chi connectivity index (χ1n) is 8.49. The maximum Gasteiger partial charge on any atom is 0.123 e. The summed E-state index contributed by atoms with van der Waals surface area (Å²) >= 11 is 0. The van der Waals surface area contributed by atoms with Crippen LogP contribution in [0.1, 0.15) is 38.2 Å². The molecule has 1 heterocycles. The van der Waals surface area contributed by atoms with Crippen LogP contribution in [0, 0.1) is 11.7 Å². The number of aliphatic hydroxyl groups excluding tert-OH is 1. The van der Waals surface area contributed by atoms with Crippen molar-refractivity contribution in [1.82, 2.24) is 10.2 Å². The van der Waals surface area contributed by atoms with Crippen LogP contribution in [0.3, 0.4) is 0 Å². The number of aliphatic hydroxyl groups is 1. The minimum Gasteiger partial charge on any atom is -0.390 e. The van der Waals surface area contributed by atoms with Gasteiger partial charge in [-0.3, -0.25) is 0 Å². The van der Waals surface area contributed by atoms with Gasteiger partial charge in [0.1, 0.15) is 5.82 Å². The van der Waals surface area contributed by atoms with E-state index in [9.17, 15) is 9.50 Å². The van der Waals surface area contributed by atoms with Crippen LogP contribution in [0.4, 0.5) is 4.39 Å². The quantitative estimate of drug-likeness (QED) is 0.847. The smallest absolute Gasteiger partial charge is 0.123 e. The second-order valence-electron chi connectivity index (χ2n) is 7.11. The Kier molecular flexibility index (Phi) is 4.81. The molecule has 1 aromatic carbocycles. The van der Waals surface area contributed by atoms with E-state index in [-0.39, 0.29) is 17.5 Å². The lowest BCUT2D eigenvalue weighted by Gasteiger charge is -2.32. The molecule has 1 saturated heterocycles. The molecule has 2 aliphatic rings. The summed E-state index contributed by atoms with van der Waals surface area (Å²) in [5, 5.41) is 13.8. The lowest BCUT2D eigenvalue weighted by Crippen LogP contribution is -2.44. The Labute approximate surface area is 132 Å². The minimum absolute atomic E-state index is 0.112. The summed E-state index contributed by atoms with van der Waals surface area (Å²) in [6.45, 7) is 5.78. The summed E-state index contributed by atoms with van der Waals surface area (Å²) in [6, 6.07) is 6.82. The van der Waals surface area contributed by atoms with Crippen LogP contribution < -0.4 is 5.32 Å². The molecule has 2 fully saturated rings. The van der Waals surface area contributed by atoms with E-state index in [0.29, 0.717) is 6.54 Å². The lowest BCUT2D eigenvalue weighted by molar-refractivity contribution is 0.0880. The average molecular weight is 306 g/mol. The topological polar surface area (TPSA) is 35.5 Å². The van der Waals surface area contributed by atoms with Gasteiger partial charge in [0.05, 0.1) is 6.10 Å². The zero-order valence-electron chi connectivity index (χ0n) is 13.4. The highest BCUT2D eigenvalue weighted by molar-refractivity contribution is 5.30. The Bertz CT molecular complexity index is 496. The third-order valence-corrected chi connectivity index (χ3v) is 5.15. The lowest BCUT2D eigenvalue weighted by atomic mass is 9.99. The SMILES string of the molecule is CC1CCN(CC(O)CNC2(c3cccc(F)c3)CC2)CC1. The Morgan fingerprint density at radius 1 is 1.36 bits per heavy atom. The molecule has 1 aromatic rings. The molecule has 2 N–H and O–H groups in total. The standard InChI is InChI=1S/C18H27FN2O/c1-14-5-9-21(10-6-14)13-17(22)12-20-18(7-8-18)15-3-2-4-16(19)11-15/h2-4,11,14,17,20,22H,5-10,12-13H2,1H3. The molecule has 122 valence electrons. The molecule has 1 atom stereocenters. The van der Waals surface area contributed by atoms with E-state index in [1.54, 1.807) is 12.1 Å². The normalized spacial score (nSPS) is 23.4. The highest BCUT2D eigenvalue weighted by Crippen LogP contribution is 2.45. The highest BCUT2D eigenvalue weighted by Gasteiger charge is 2.44. The molecule has 1 unspecified atom stereocenters. The number of piperidine rings is 1. The molecular weight excluding hydrogens is 279 g/mol. The maximum atomic E-state index is 13.4. The van der Waals surface area contributed by atoms with Gasteiger partial charge in [0.15, 0.2) is 0 Å². The zero-order valence-corrected chi connectivity index (χ0v) is 13.4. The fraction of sp³-hybridized carbons (Fsp3) is 0.667. The monoisotopic (exact) mass is 306 g/mol. The first kappa shape index (κ1) is 15.9. The van der Waals surface area contributed by atoms with Crippen LogP contribution >= 0.6 is 0 Å². The molecule has 0 bridgehead atoms. The van der Waals surface area contributed by atoms with Gasteiger partial charge < -0.3 is 15.3 Å². The Balaban J connectivity index is 1.47. The van der Waals surface area contributed by atoms with Crippen LogP contribution in [0.2, 0.25) is 0 Å². The van der Waals surface area contributed by atoms with Crippen molar-refractivity contribution in [3.8, 4) is 0 Å². The molecule has 1 aliphatic heterocycles. The molecule has 0 amide bonds. The third kappa shape index (κ3) is 3.86. The van der Waals surface area contributed by atoms with E-state index in [4.69, 9.17) is 0 Å². The molecular formula is C18H27FN2O. The average Bonchev–Trinajstić information content (AvgIpc) is 3.29. The molecule has 22 heavy (non-hydrogen) atoms. The first-order chi connectivity index (χ1) is 10.6. The number of nitrogens with one attached hydrogen (secondary N) is 1. The number of likely N-dealkylation sites (tertiary alicyclic amines) is 1. The van der Waals surface area contributed by atoms with E-state index < -0.39 is 0 Å². The first-order valence-corrected chi connectivity index (χ1v) is 8.49.